The molecule has 27 heavy (non-hydrogen) atoms. The molecule has 4 rings (SSSR count). The molecule has 4 heteroatoms. The second kappa shape index (κ2) is 9.20. The Morgan fingerprint density at radius 2 is 1.63 bits per heavy atom. The van der Waals surface area contributed by atoms with Crippen molar-refractivity contribution in [2.24, 2.45) is 11.7 Å². The third kappa shape index (κ3) is 4.55. The molecule has 1 saturated carbocycles. The molecule has 0 atom stereocenters. The largest absolute Gasteiger partial charge is 0.330 e. The predicted molar refractivity (Wildman–Crippen MR) is 113 cm³/mol. The Balaban J connectivity index is 1.40. The molecule has 2 heterocycles. The standard InChI is InChI=1S/C23H36N4/c24-15-12-23-25-21-10-6-7-11-22(21)27(23)20-13-16-26(17-14-20)18-19-8-4-2-1-3-5-9-19/h6-7,10-11,19-20H,1-5,8-9,12-18,24H2. The van der Waals surface area contributed by atoms with Crippen LogP contribution in [-0.4, -0.2) is 40.6 Å². The zero-order valence-electron chi connectivity index (χ0n) is 16.8. The Morgan fingerprint density at radius 1 is 0.926 bits per heavy atom. The van der Waals surface area contributed by atoms with E-state index in [0.717, 1.165) is 17.9 Å². The van der Waals surface area contributed by atoms with Crippen LogP contribution < -0.4 is 5.73 Å². The topological polar surface area (TPSA) is 47.1 Å². The Hall–Kier alpha value is -1.39. The van der Waals surface area contributed by atoms with Gasteiger partial charge in [-0.2, -0.15) is 0 Å². The summed E-state index contributed by atoms with van der Waals surface area (Å²) in [5, 5.41) is 0. The number of aromatic nitrogens is 2. The first-order valence-corrected chi connectivity index (χ1v) is 11.2. The zero-order chi connectivity index (χ0) is 18.5. The summed E-state index contributed by atoms with van der Waals surface area (Å²) in [6.07, 6.45) is 13.5. The van der Waals surface area contributed by atoms with Crippen molar-refractivity contribution in [2.75, 3.05) is 26.2 Å². The van der Waals surface area contributed by atoms with Gasteiger partial charge in [-0.05, 0) is 50.3 Å². The second-order valence-corrected chi connectivity index (χ2v) is 8.67. The number of rotatable bonds is 5. The number of hydrogen-bond donors (Lipinski definition) is 1. The van der Waals surface area contributed by atoms with E-state index < -0.39 is 0 Å². The van der Waals surface area contributed by atoms with Gasteiger partial charge in [0.2, 0.25) is 0 Å². The van der Waals surface area contributed by atoms with E-state index in [4.69, 9.17) is 10.7 Å². The van der Waals surface area contributed by atoms with Gasteiger partial charge < -0.3 is 15.2 Å². The number of nitrogens with two attached hydrogens (primary N) is 1. The average Bonchev–Trinajstić information content (AvgIpc) is 3.03. The molecule has 2 aliphatic rings. The van der Waals surface area contributed by atoms with E-state index in [1.54, 1.807) is 0 Å². The molecule has 4 nitrogen and oxygen atoms in total. The van der Waals surface area contributed by atoms with Crippen LogP contribution in [0.15, 0.2) is 24.3 Å². The monoisotopic (exact) mass is 368 g/mol. The molecule has 0 spiro atoms. The number of hydrogen-bond acceptors (Lipinski definition) is 3. The normalized spacial score (nSPS) is 21.4. The molecule has 2 N–H and O–H groups in total. The van der Waals surface area contributed by atoms with Crippen LogP contribution in [0, 0.1) is 5.92 Å². The highest BCUT2D eigenvalue weighted by Gasteiger charge is 2.25. The molecule has 2 fully saturated rings. The van der Waals surface area contributed by atoms with Crippen LogP contribution >= 0.6 is 0 Å². The molecule has 1 saturated heterocycles. The quantitative estimate of drug-likeness (QED) is 0.843. The van der Waals surface area contributed by atoms with Gasteiger partial charge in [-0.1, -0.05) is 44.2 Å². The van der Waals surface area contributed by atoms with E-state index in [1.807, 2.05) is 0 Å². The lowest BCUT2D eigenvalue weighted by Gasteiger charge is -2.36. The SMILES string of the molecule is NCCc1nc2ccccc2n1C1CCN(CC2CCCCCCC2)CC1. The van der Waals surface area contributed by atoms with Gasteiger partial charge in [0, 0.05) is 32.1 Å². The highest BCUT2D eigenvalue weighted by Crippen LogP contribution is 2.30. The van der Waals surface area contributed by atoms with Crippen molar-refractivity contribution < 1.29 is 0 Å². The minimum atomic E-state index is 0.576. The summed E-state index contributed by atoms with van der Waals surface area (Å²) in [4.78, 5) is 7.62. The van der Waals surface area contributed by atoms with Crippen molar-refractivity contribution in [3.8, 4) is 0 Å². The van der Waals surface area contributed by atoms with Gasteiger partial charge in [-0.3, -0.25) is 0 Å². The lowest BCUT2D eigenvalue weighted by Crippen LogP contribution is -2.38. The molecule has 0 amide bonds. The summed E-state index contributed by atoms with van der Waals surface area (Å²) < 4.78 is 2.51. The Bertz CT molecular complexity index is 706. The van der Waals surface area contributed by atoms with Gasteiger partial charge in [0.1, 0.15) is 5.82 Å². The van der Waals surface area contributed by atoms with Gasteiger partial charge in [-0.25, -0.2) is 4.98 Å². The molecule has 148 valence electrons. The lowest BCUT2D eigenvalue weighted by molar-refractivity contribution is 0.152. The summed E-state index contributed by atoms with van der Waals surface area (Å²) in [6, 6.07) is 9.16. The fourth-order valence-corrected chi connectivity index (χ4v) is 5.26. The van der Waals surface area contributed by atoms with E-state index in [1.165, 1.54) is 88.8 Å². The van der Waals surface area contributed by atoms with Crippen molar-refractivity contribution in [2.45, 2.75) is 70.3 Å². The van der Waals surface area contributed by atoms with Gasteiger partial charge in [-0.15, -0.1) is 0 Å². The molecule has 1 aromatic heterocycles. The Morgan fingerprint density at radius 3 is 2.37 bits per heavy atom. The number of benzene rings is 1. The third-order valence-electron chi connectivity index (χ3n) is 6.70. The summed E-state index contributed by atoms with van der Waals surface area (Å²) in [7, 11) is 0. The fourth-order valence-electron chi connectivity index (χ4n) is 5.26. The third-order valence-corrected chi connectivity index (χ3v) is 6.70. The average molecular weight is 369 g/mol. The molecule has 0 unspecified atom stereocenters. The summed E-state index contributed by atoms with van der Waals surface area (Å²) in [5.41, 5.74) is 8.28. The van der Waals surface area contributed by atoms with Crippen molar-refractivity contribution in [1.29, 1.82) is 0 Å². The molecule has 1 aliphatic heterocycles. The maximum atomic E-state index is 5.87. The first-order chi connectivity index (χ1) is 13.3. The van der Waals surface area contributed by atoms with Crippen LogP contribution in [0.3, 0.4) is 0 Å². The molecule has 1 aromatic carbocycles. The van der Waals surface area contributed by atoms with Gasteiger partial charge in [0.25, 0.3) is 0 Å². The Kier molecular flexibility index (Phi) is 6.46. The molecule has 2 aromatic rings. The van der Waals surface area contributed by atoms with Gasteiger partial charge in [0.05, 0.1) is 11.0 Å². The lowest BCUT2D eigenvalue weighted by atomic mass is 9.90. The van der Waals surface area contributed by atoms with Crippen molar-refractivity contribution in [3.05, 3.63) is 30.1 Å². The fraction of sp³-hybridized carbons (Fsp3) is 0.696. The number of nitrogens with zero attached hydrogens (tertiary/aromatic N) is 3. The minimum Gasteiger partial charge on any atom is -0.330 e. The van der Waals surface area contributed by atoms with Crippen LogP contribution in [-0.2, 0) is 6.42 Å². The number of likely N-dealkylation sites (tertiary alicyclic amines) is 1. The van der Waals surface area contributed by atoms with Crippen LogP contribution in [0.2, 0.25) is 0 Å². The smallest absolute Gasteiger partial charge is 0.111 e. The van der Waals surface area contributed by atoms with Gasteiger partial charge >= 0.3 is 0 Å². The molecular formula is C23H36N4. The van der Waals surface area contributed by atoms with Crippen LogP contribution in [0.4, 0.5) is 0 Å². The molecule has 1 aliphatic carbocycles. The summed E-state index contributed by atoms with van der Waals surface area (Å²) >= 11 is 0. The van der Waals surface area contributed by atoms with Gasteiger partial charge in [0.15, 0.2) is 0 Å². The van der Waals surface area contributed by atoms with E-state index in [9.17, 15) is 0 Å². The van der Waals surface area contributed by atoms with E-state index >= 15 is 0 Å². The van der Waals surface area contributed by atoms with E-state index in [-0.39, 0.29) is 0 Å². The molecule has 0 bridgehead atoms. The zero-order valence-corrected chi connectivity index (χ0v) is 16.8. The maximum absolute atomic E-state index is 5.87. The first kappa shape index (κ1) is 18.9. The predicted octanol–water partition coefficient (Wildman–Crippen LogP) is 4.53. The number of para-hydroxylation sites is 2. The Labute approximate surface area is 164 Å². The van der Waals surface area contributed by atoms with Crippen molar-refractivity contribution in [3.63, 3.8) is 0 Å². The highest BCUT2D eigenvalue weighted by molar-refractivity contribution is 5.76. The summed E-state index contributed by atoms with van der Waals surface area (Å²) in [6.45, 7) is 4.46. The molecule has 0 radical (unpaired) electrons. The van der Waals surface area contributed by atoms with Crippen LogP contribution in [0.25, 0.3) is 11.0 Å². The van der Waals surface area contributed by atoms with Crippen LogP contribution in [0.5, 0.6) is 0 Å². The van der Waals surface area contributed by atoms with E-state index in [0.29, 0.717) is 12.6 Å². The first-order valence-electron chi connectivity index (χ1n) is 11.2. The van der Waals surface area contributed by atoms with Crippen LogP contribution in [0.1, 0.15) is 69.7 Å². The van der Waals surface area contributed by atoms with E-state index in [2.05, 4.69) is 33.7 Å². The van der Waals surface area contributed by atoms with Crippen molar-refractivity contribution >= 4 is 11.0 Å². The number of fused-ring (bicyclic) bond motifs is 1. The summed E-state index contributed by atoms with van der Waals surface area (Å²) in [5.74, 6) is 2.11. The molecular weight excluding hydrogens is 332 g/mol. The second-order valence-electron chi connectivity index (χ2n) is 8.67. The number of imidazole rings is 1. The minimum absolute atomic E-state index is 0.576. The highest BCUT2D eigenvalue weighted by atomic mass is 15.2. The maximum Gasteiger partial charge on any atom is 0.111 e. The van der Waals surface area contributed by atoms with Crippen molar-refractivity contribution in [1.82, 2.24) is 14.5 Å². The number of piperidine rings is 1.